The third kappa shape index (κ3) is 1.16. The average Bonchev–Trinajstić information content (AvgIpc) is 3.21. The molecule has 98 valence electrons. The van der Waals surface area contributed by atoms with E-state index in [0.29, 0.717) is 12.0 Å². The van der Waals surface area contributed by atoms with Crippen LogP contribution in [0, 0.1) is 50.4 Å². The predicted molar refractivity (Wildman–Crippen MR) is 74.1 cm³/mol. The smallest absolute Gasteiger partial charge is 0.136 e. The van der Waals surface area contributed by atoms with Crippen molar-refractivity contribution in [3.63, 3.8) is 0 Å². The normalized spacial score (nSPS) is 44.1. The van der Waals surface area contributed by atoms with E-state index in [1.165, 1.54) is 34.4 Å². The first-order chi connectivity index (χ1) is 9.16. The van der Waals surface area contributed by atoms with Crippen LogP contribution in [0.1, 0.15) is 28.7 Å². The van der Waals surface area contributed by atoms with Crippen LogP contribution in [0.15, 0.2) is 17.3 Å². The second-order valence-corrected chi connectivity index (χ2v) is 7.05. The monoisotopic (exact) mass is 253 g/mol. The minimum Gasteiger partial charge on any atom is -0.392 e. The Hall–Kier alpha value is -1.31. The summed E-state index contributed by atoms with van der Waals surface area (Å²) >= 11 is 0. The Bertz CT molecular complexity index is 599. The molecule has 19 heavy (non-hydrogen) atoms. The van der Waals surface area contributed by atoms with Gasteiger partial charge in [-0.15, -0.1) is 0 Å². The molecular weight excluding hydrogens is 234 g/mol. The van der Waals surface area contributed by atoms with Crippen LogP contribution in [-0.2, 0) is 4.84 Å². The molecule has 4 atom stereocenters. The largest absolute Gasteiger partial charge is 0.392 e. The van der Waals surface area contributed by atoms with Crippen molar-refractivity contribution < 1.29 is 4.84 Å². The minimum absolute atomic E-state index is 0.389. The number of hydrogen-bond donors (Lipinski definition) is 0. The van der Waals surface area contributed by atoms with E-state index in [9.17, 15) is 0 Å². The third-order valence-electron chi connectivity index (χ3n) is 5.90. The summed E-state index contributed by atoms with van der Waals surface area (Å²) in [7, 11) is 0. The Morgan fingerprint density at radius 3 is 2.42 bits per heavy atom. The molecule has 0 amide bonds. The van der Waals surface area contributed by atoms with Crippen molar-refractivity contribution in [3.8, 4) is 0 Å². The van der Waals surface area contributed by atoms with Gasteiger partial charge in [0, 0.05) is 11.5 Å². The summed E-state index contributed by atoms with van der Waals surface area (Å²) in [4.78, 5) is 5.77. The fourth-order valence-electron chi connectivity index (χ4n) is 5.14. The lowest BCUT2D eigenvalue weighted by Gasteiger charge is -2.31. The molecule has 4 fully saturated rings. The molecule has 1 aromatic rings. The Morgan fingerprint density at radius 1 is 1.05 bits per heavy atom. The molecule has 1 aromatic carbocycles. The number of rotatable bonds is 1. The van der Waals surface area contributed by atoms with Gasteiger partial charge in [-0.3, -0.25) is 0 Å². The van der Waals surface area contributed by atoms with Crippen molar-refractivity contribution in [1.29, 1.82) is 0 Å². The van der Waals surface area contributed by atoms with Gasteiger partial charge >= 0.3 is 0 Å². The van der Waals surface area contributed by atoms with Gasteiger partial charge < -0.3 is 4.84 Å². The molecule has 2 heteroatoms. The van der Waals surface area contributed by atoms with Gasteiger partial charge in [-0.05, 0) is 62.0 Å². The summed E-state index contributed by atoms with van der Waals surface area (Å²) in [5, 5.41) is 4.51. The maximum absolute atomic E-state index is 5.77. The van der Waals surface area contributed by atoms with Crippen LogP contribution < -0.4 is 0 Å². The number of oxime groups is 1. The van der Waals surface area contributed by atoms with Gasteiger partial charge in [0.25, 0.3) is 0 Å². The molecule has 4 saturated carbocycles. The summed E-state index contributed by atoms with van der Waals surface area (Å²) in [5.74, 6) is 4.59. The second kappa shape index (κ2) is 3.05. The quantitative estimate of drug-likeness (QED) is 0.753. The summed E-state index contributed by atoms with van der Waals surface area (Å²) in [5.41, 5.74) is 6.68. The summed E-state index contributed by atoms with van der Waals surface area (Å²) in [6.07, 6.45) is 1.65. The van der Waals surface area contributed by atoms with Crippen molar-refractivity contribution >= 4 is 5.71 Å². The first-order valence-corrected chi connectivity index (χ1v) is 7.49. The van der Waals surface area contributed by atoms with Gasteiger partial charge in [-0.1, -0.05) is 22.9 Å². The second-order valence-electron chi connectivity index (χ2n) is 7.05. The molecule has 4 aliphatic carbocycles. The standard InChI is InChI=1S/C17H19NO/c1-7-4-8(2)12(9(3)5-7)17-15-11(19-18-17)6-10-13-14(10)16(13)15/h4-5,10-11,13-16H,6H2,1-3H3. The SMILES string of the molecule is Cc1cc(C)c(C2=NOC3CC4C5C4C5C23)c(C)c1. The van der Waals surface area contributed by atoms with Gasteiger partial charge in [0.05, 0.1) is 5.71 Å². The van der Waals surface area contributed by atoms with Crippen molar-refractivity contribution in [1.82, 2.24) is 0 Å². The first-order valence-electron chi connectivity index (χ1n) is 7.49. The maximum Gasteiger partial charge on any atom is 0.136 e. The predicted octanol–water partition coefficient (Wildman–Crippen LogP) is 3.23. The van der Waals surface area contributed by atoms with Crippen molar-refractivity contribution in [3.05, 3.63) is 34.4 Å². The van der Waals surface area contributed by atoms with Crippen LogP contribution in [0.25, 0.3) is 0 Å². The molecular formula is C17H19NO. The Kier molecular flexibility index (Phi) is 1.68. The van der Waals surface area contributed by atoms with Crippen LogP contribution in [0.5, 0.6) is 0 Å². The lowest BCUT2D eigenvalue weighted by Crippen LogP contribution is -2.36. The van der Waals surface area contributed by atoms with Gasteiger partial charge in [0.15, 0.2) is 0 Å². The molecule has 2 nitrogen and oxygen atoms in total. The molecule has 5 aliphatic rings. The number of benzene rings is 1. The van der Waals surface area contributed by atoms with Gasteiger partial charge in [-0.25, -0.2) is 0 Å². The molecule has 2 bridgehead atoms. The zero-order valence-corrected chi connectivity index (χ0v) is 11.7. The Morgan fingerprint density at radius 2 is 1.74 bits per heavy atom. The molecule has 0 aromatic heterocycles. The Labute approximate surface area is 113 Å². The highest BCUT2D eigenvalue weighted by molar-refractivity contribution is 6.06. The van der Waals surface area contributed by atoms with Gasteiger partial charge in [0.1, 0.15) is 6.10 Å². The van der Waals surface area contributed by atoms with E-state index in [-0.39, 0.29) is 0 Å². The van der Waals surface area contributed by atoms with E-state index in [2.05, 4.69) is 38.1 Å². The highest BCUT2D eigenvalue weighted by atomic mass is 16.6. The molecule has 0 spiro atoms. The minimum atomic E-state index is 0.389. The first kappa shape index (κ1) is 10.5. The highest BCUT2D eigenvalue weighted by Crippen LogP contribution is 2.81. The molecule has 0 radical (unpaired) electrons. The number of nitrogens with zero attached hydrogens (tertiary/aromatic N) is 1. The topological polar surface area (TPSA) is 21.6 Å². The van der Waals surface area contributed by atoms with Crippen LogP contribution >= 0.6 is 0 Å². The lowest BCUT2D eigenvalue weighted by molar-refractivity contribution is 0.0103. The van der Waals surface area contributed by atoms with Crippen molar-refractivity contribution in [2.24, 2.45) is 34.7 Å². The number of hydrogen-bond acceptors (Lipinski definition) is 2. The Balaban J connectivity index is 1.60. The van der Waals surface area contributed by atoms with Crippen molar-refractivity contribution in [2.45, 2.75) is 33.3 Å². The van der Waals surface area contributed by atoms with Crippen LogP contribution in [0.4, 0.5) is 0 Å². The van der Waals surface area contributed by atoms with E-state index >= 15 is 0 Å². The fourth-order valence-corrected chi connectivity index (χ4v) is 5.14. The average molecular weight is 253 g/mol. The van der Waals surface area contributed by atoms with Crippen LogP contribution in [0.3, 0.4) is 0 Å². The zero-order valence-electron chi connectivity index (χ0n) is 11.7. The molecule has 1 aliphatic heterocycles. The van der Waals surface area contributed by atoms with Gasteiger partial charge in [0.2, 0.25) is 0 Å². The summed E-state index contributed by atoms with van der Waals surface area (Å²) < 4.78 is 0. The number of aryl methyl sites for hydroxylation is 3. The highest BCUT2D eigenvalue weighted by Gasteiger charge is 2.80. The molecule has 1 heterocycles. The van der Waals surface area contributed by atoms with Gasteiger partial charge in [-0.2, -0.15) is 0 Å². The summed E-state index contributed by atoms with van der Waals surface area (Å²) in [6.45, 7) is 6.59. The fraction of sp³-hybridized carbons (Fsp3) is 0.588. The third-order valence-corrected chi connectivity index (χ3v) is 5.90. The maximum atomic E-state index is 5.77. The van der Waals surface area contributed by atoms with E-state index in [4.69, 9.17) is 4.84 Å². The molecule has 0 N–H and O–H groups in total. The van der Waals surface area contributed by atoms with E-state index in [1.807, 2.05) is 0 Å². The van der Waals surface area contributed by atoms with Crippen molar-refractivity contribution in [2.75, 3.05) is 0 Å². The molecule has 6 rings (SSSR count). The van der Waals surface area contributed by atoms with E-state index < -0.39 is 0 Å². The van der Waals surface area contributed by atoms with Crippen LogP contribution in [-0.4, -0.2) is 11.8 Å². The summed E-state index contributed by atoms with van der Waals surface area (Å²) in [6, 6.07) is 4.55. The van der Waals surface area contributed by atoms with E-state index in [1.54, 1.807) is 0 Å². The van der Waals surface area contributed by atoms with E-state index in [0.717, 1.165) is 23.7 Å². The van der Waals surface area contributed by atoms with Crippen LogP contribution in [0.2, 0.25) is 0 Å². The lowest BCUT2D eigenvalue weighted by atomic mass is 9.72. The molecule has 4 unspecified atom stereocenters. The zero-order chi connectivity index (χ0) is 12.9. The molecule has 0 saturated heterocycles.